The van der Waals surface area contributed by atoms with Crippen LogP contribution < -0.4 is 5.73 Å². The number of likely N-dealkylation sites (tertiary alicyclic amines) is 1. The lowest BCUT2D eigenvalue weighted by molar-refractivity contribution is -0.138. The predicted octanol–water partition coefficient (Wildman–Crippen LogP) is 5.71. The van der Waals surface area contributed by atoms with Crippen LogP contribution in [0.3, 0.4) is 0 Å². The van der Waals surface area contributed by atoms with Gasteiger partial charge in [0.2, 0.25) is 0 Å². The molecule has 29 heavy (non-hydrogen) atoms. The monoisotopic (exact) mass is 412 g/mol. The molecule has 0 amide bonds. The van der Waals surface area contributed by atoms with Gasteiger partial charge in [-0.25, -0.2) is 0 Å². The summed E-state index contributed by atoms with van der Waals surface area (Å²) in [5.74, 6) is -0.217. The fourth-order valence-electron chi connectivity index (χ4n) is 3.06. The highest BCUT2D eigenvalue weighted by Gasteiger charge is 2.17. The van der Waals surface area contributed by atoms with E-state index >= 15 is 0 Å². The highest BCUT2D eigenvalue weighted by molar-refractivity contribution is 7.17. The van der Waals surface area contributed by atoms with Crippen LogP contribution in [0.1, 0.15) is 38.2 Å². The summed E-state index contributed by atoms with van der Waals surface area (Å²) in [4.78, 5) is 13.2. The number of hydrogen-bond acceptors (Lipinski definition) is 4. The first-order chi connectivity index (χ1) is 13.9. The van der Waals surface area contributed by atoms with Crippen molar-refractivity contribution in [3.05, 3.63) is 65.5 Å². The molecule has 1 aliphatic heterocycles. The van der Waals surface area contributed by atoms with Crippen LogP contribution in [0.15, 0.2) is 60.0 Å². The zero-order valence-corrected chi connectivity index (χ0v) is 18.4. The van der Waals surface area contributed by atoms with Gasteiger partial charge in [-0.05, 0) is 80.3 Å². The standard InChI is InChI=1S/C11H10O2S.C7H15N.C6H7N/c1-7(11(12)13)9-6-14-10-5-3-2-4-8(9)10;1-7-3-5-8(2)6-4-7;7-6-4-2-1-3-5-6/h2-7H,1H3,(H,12,13);7H,3-6H2,1-2H3;1-5H,7H2. The molecular weight excluding hydrogens is 380 g/mol. The third-order valence-electron chi connectivity index (χ3n) is 5.15. The Morgan fingerprint density at radius 2 is 1.69 bits per heavy atom. The number of para-hydroxylation sites is 1. The molecule has 3 N–H and O–H groups in total. The number of hydrogen-bond donors (Lipinski definition) is 2. The molecule has 1 fully saturated rings. The smallest absolute Gasteiger partial charge is 0.310 e. The fraction of sp³-hybridized carbons (Fsp3) is 0.375. The van der Waals surface area contributed by atoms with E-state index < -0.39 is 11.9 Å². The van der Waals surface area contributed by atoms with E-state index in [1.165, 1.54) is 25.9 Å². The van der Waals surface area contributed by atoms with Crippen molar-refractivity contribution in [2.45, 2.75) is 32.6 Å². The van der Waals surface area contributed by atoms with Crippen LogP contribution in [-0.4, -0.2) is 36.1 Å². The van der Waals surface area contributed by atoms with E-state index in [4.69, 9.17) is 10.8 Å². The Hall–Kier alpha value is -2.37. The molecular formula is C24H32N2O2S. The average molecular weight is 413 g/mol. The van der Waals surface area contributed by atoms with Crippen LogP contribution in [0.4, 0.5) is 5.69 Å². The Morgan fingerprint density at radius 3 is 2.21 bits per heavy atom. The highest BCUT2D eigenvalue weighted by Crippen LogP contribution is 2.31. The molecule has 1 aliphatic rings. The first-order valence-corrected chi connectivity index (χ1v) is 10.9. The van der Waals surface area contributed by atoms with E-state index in [1.54, 1.807) is 18.3 Å². The van der Waals surface area contributed by atoms with Crippen molar-refractivity contribution in [1.29, 1.82) is 0 Å². The summed E-state index contributed by atoms with van der Waals surface area (Å²) < 4.78 is 1.15. The van der Waals surface area contributed by atoms with Crippen LogP contribution in [0.5, 0.6) is 0 Å². The van der Waals surface area contributed by atoms with E-state index in [9.17, 15) is 4.79 Å². The SMILES string of the molecule is CC(C(=O)O)c1csc2ccccc12.CC1CCN(C)CC1.Nc1ccccc1. The summed E-state index contributed by atoms with van der Waals surface area (Å²) >= 11 is 1.60. The Bertz CT molecular complexity index is 861. The molecule has 0 aliphatic carbocycles. The number of piperidine rings is 1. The number of carbonyl (C=O) groups is 1. The normalized spacial score (nSPS) is 15.6. The summed E-state index contributed by atoms with van der Waals surface area (Å²) in [6, 6.07) is 17.4. The number of nitrogens with zero attached hydrogens (tertiary/aromatic N) is 1. The van der Waals surface area contributed by atoms with Gasteiger partial charge in [-0.15, -0.1) is 11.3 Å². The second-order valence-corrected chi connectivity index (χ2v) is 8.55. The van der Waals surface area contributed by atoms with Gasteiger partial charge < -0.3 is 15.7 Å². The number of anilines is 1. The number of nitrogens with two attached hydrogens (primary N) is 1. The highest BCUT2D eigenvalue weighted by atomic mass is 32.1. The minimum absolute atomic E-state index is 0.425. The predicted molar refractivity (Wildman–Crippen MR) is 125 cm³/mol. The Kier molecular flexibility index (Phi) is 9.16. The number of carboxylic acid groups (broad SMARTS) is 1. The number of aliphatic carboxylic acids is 1. The molecule has 2 aromatic carbocycles. The van der Waals surface area contributed by atoms with E-state index in [1.807, 2.05) is 60.0 Å². The minimum atomic E-state index is -0.770. The van der Waals surface area contributed by atoms with Crippen LogP contribution >= 0.6 is 11.3 Å². The maximum Gasteiger partial charge on any atom is 0.310 e. The van der Waals surface area contributed by atoms with Crippen molar-refractivity contribution < 1.29 is 9.90 Å². The molecule has 4 nitrogen and oxygen atoms in total. The summed E-state index contributed by atoms with van der Waals surface area (Å²) in [5.41, 5.74) is 7.09. The fourth-order valence-corrected chi connectivity index (χ4v) is 4.11. The van der Waals surface area contributed by atoms with Crippen LogP contribution in [0, 0.1) is 5.92 Å². The second-order valence-electron chi connectivity index (χ2n) is 7.64. The quantitative estimate of drug-likeness (QED) is 0.529. The van der Waals surface area contributed by atoms with Crippen LogP contribution in [0.25, 0.3) is 10.1 Å². The van der Waals surface area contributed by atoms with E-state index in [0.717, 1.165) is 27.3 Å². The molecule has 0 spiro atoms. The summed E-state index contributed by atoms with van der Waals surface area (Å²) in [6.07, 6.45) is 2.80. The van der Waals surface area contributed by atoms with Crippen molar-refractivity contribution in [1.82, 2.24) is 4.90 Å². The maximum absolute atomic E-state index is 10.8. The molecule has 3 aromatic rings. The van der Waals surface area contributed by atoms with E-state index in [2.05, 4.69) is 18.9 Å². The van der Waals surface area contributed by atoms with Crippen molar-refractivity contribution in [3.63, 3.8) is 0 Å². The van der Waals surface area contributed by atoms with Crippen molar-refractivity contribution in [3.8, 4) is 0 Å². The zero-order valence-electron chi connectivity index (χ0n) is 17.5. The summed E-state index contributed by atoms with van der Waals surface area (Å²) in [6.45, 7) is 6.67. The van der Waals surface area contributed by atoms with Crippen molar-refractivity contribution in [2.75, 3.05) is 25.9 Å². The molecule has 0 saturated carbocycles. The van der Waals surface area contributed by atoms with Crippen molar-refractivity contribution in [2.24, 2.45) is 5.92 Å². The Balaban J connectivity index is 0.000000170. The number of carboxylic acids is 1. The topological polar surface area (TPSA) is 66.6 Å². The van der Waals surface area contributed by atoms with Gasteiger partial charge >= 0.3 is 5.97 Å². The molecule has 1 atom stereocenters. The van der Waals surface area contributed by atoms with Gasteiger partial charge in [-0.2, -0.15) is 0 Å². The average Bonchev–Trinajstić information content (AvgIpc) is 3.15. The van der Waals surface area contributed by atoms with Crippen molar-refractivity contribution >= 4 is 33.1 Å². The Morgan fingerprint density at radius 1 is 1.10 bits per heavy atom. The third kappa shape index (κ3) is 7.52. The van der Waals surface area contributed by atoms with Gasteiger partial charge in [0.05, 0.1) is 5.92 Å². The molecule has 1 saturated heterocycles. The van der Waals surface area contributed by atoms with Crippen LogP contribution in [0.2, 0.25) is 0 Å². The minimum Gasteiger partial charge on any atom is -0.481 e. The maximum atomic E-state index is 10.8. The lowest BCUT2D eigenvalue weighted by atomic mass is 10.00. The third-order valence-corrected chi connectivity index (χ3v) is 6.14. The second kappa shape index (κ2) is 11.6. The molecule has 0 radical (unpaired) electrons. The molecule has 1 unspecified atom stereocenters. The molecule has 0 bridgehead atoms. The lowest BCUT2D eigenvalue weighted by Crippen LogP contribution is -2.28. The van der Waals surface area contributed by atoms with E-state index in [0.29, 0.717) is 0 Å². The van der Waals surface area contributed by atoms with Gasteiger partial charge in [0.15, 0.2) is 0 Å². The molecule has 5 heteroatoms. The molecule has 4 rings (SSSR count). The number of rotatable bonds is 2. The van der Waals surface area contributed by atoms with Gasteiger partial charge in [0.1, 0.15) is 0 Å². The van der Waals surface area contributed by atoms with Crippen LogP contribution in [-0.2, 0) is 4.79 Å². The molecule has 2 heterocycles. The largest absolute Gasteiger partial charge is 0.481 e. The lowest BCUT2D eigenvalue weighted by Gasteiger charge is -2.26. The number of benzene rings is 2. The Labute approximate surface area is 178 Å². The van der Waals surface area contributed by atoms with Gasteiger partial charge in [-0.1, -0.05) is 43.3 Å². The summed E-state index contributed by atoms with van der Waals surface area (Å²) in [7, 11) is 2.20. The number of thiophene rings is 1. The zero-order chi connectivity index (χ0) is 21.2. The van der Waals surface area contributed by atoms with E-state index in [-0.39, 0.29) is 0 Å². The first kappa shape index (κ1) is 22.9. The molecule has 1 aromatic heterocycles. The number of fused-ring (bicyclic) bond motifs is 1. The number of nitrogen functional groups attached to an aromatic ring is 1. The molecule has 156 valence electrons. The first-order valence-electron chi connectivity index (χ1n) is 10.1. The van der Waals surface area contributed by atoms with Gasteiger partial charge in [-0.3, -0.25) is 4.79 Å². The van der Waals surface area contributed by atoms with Gasteiger partial charge in [0.25, 0.3) is 0 Å². The van der Waals surface area contributed by atoms with Gasteiger partial charge in [0, 0.05) is 10.4 Å². The summed E-state index contributed by atoms with van der Waals surface area (Å²) in [5, 5.41) is 11.9.